The molecule has 0 atom stereocenters. The molecule has 0 saturated carbocycles. The normalized spacial score (nSPS) is 13.9. The molecule has 96 valence electrons. The standard InChI is InChI=1S/C16H12N4/c1-2-4-12(3-1)14-11-20-15(9-19-16(20)10-18-14)13-5-7-17-8-6-13/h1-3,5-11H,4H2. The quantitative estimate of drug-likeness (QED) is 0.711. The highest BCUT2D eigenvalue weighted by Crippen LogP contribution is 2.24. The minimum atomic E-state index is 0.854. The van der Waals surface area contributed by atoms with Crippen LogP contribution in [-0.2, 0) is 0 Å². The molecule has 0 saturated heterocycles. The van der Waals surface area contributed by atoms with E-state index in [2.05, 4.69) is 43.8 Å². The maximum absolute atomic E-state index is 4.49. The van der Waals surface area contributed by atoms with Crippen molar-refractivity contribution in [3.8, 4) is 11.3 Å². The first-order valence-corrected chi connectivity index (χ1v) is 6.51. The van der Waals surface area contributed by atoms with Crippen molar-refractivity contribution in [1.82, 2.24) is 19.4 Å². The summed E-state index contributed by atoms with van der Waals surface area (Å²) in [6, 6.07) is 3.97. The zero-order chi connectivity index (χ0) is 13.4. The van der Waals surface area contributed by atoms with Crippen LogP contribution in [0.4, 0.5) is 0 Å². The molecule has 4 heteroatoms. The van der Waals surface area contributed by atoms with E-state index in [4.69, 9.17) is 0 Å². The highest BCUT2D eigenvalue weighted by molar-refractivity contribution is 5.70. The van der Waals surface area contributed by atoms with Crippen molar-refractivity contribution in [2.75, 3.05) is 0 Å². The number of imidazole rings is 1. The van der Waals surface area contributed by atoms with E-state index in [-0.39, 0.29) is 0 Å². The monoisotopic (exact) mass is 260 g/mol. The van der Waals surface area contributed by atoms with Gasteiger partial charge in [-0.3, -0.25) is 14.4 Å². The lowest BCUT2D eigenvalue weighted by Gasteiger charge is -2.05. The minimum Gasteiger partial charge on any atom is -0.296 e. The van der Waals surface area contributed by atoms with Crippen LogP contribution in [0, 0.1) is 0 Å². The molecule has 20 heavy (non-hydrogen) atoms. The van der Waals surface area contributed by atoms with Crippen LogP contribution in [0.1, 0.15) is 12.1 Å². The summed E-state index contributed by atoms with van der Waals surface area (Å²) in [5, 5.41) is 0. The van der Waals surface area contributed by atoms with Gasteiger partial charge in [-0.1, -0.05) is 18.2 Å². The molecule has 4 rings (SSSR count). The molecular formula is C16H12N4. The summed E-state index contributed by atoms with van der Waals surface area (Å²) < 4.78 is 2.08. The number of allylic oxidation sites excluding steroid dienone is 4. The molecular weight excluding hydrogens is 248 g/mol. The van der Waals surface area contributed by atoms with Crippen LogP contribution in [0.5, 0.6) is 0 Å². The molecule has 3 aromatic heterocycles. The fourth-order valence-corrected chi connectivity index (χ4v) is 2.43. The van der Waals surface area contributed by atoms with Crippen molar-refractivity contribution >= 4 is 11.2 Å². The zero-order valence-electron chi connectivity index (χ0n) is 10.8. The van der Waals surface area contributed by atoms with Gasteiger partial charge in [0.2, 0.25) is 0 Å². The van der Waals surface area contributed by atoms with Crippen molar-refractivity contribution in [3.63, 3.8) is 0 Å². The second kappa shape index (κ2) is 4.42. The molecule has 0 amide bonds. The lowest BCUT2D eigenvalue weighted by molar-refractivity contribution is 1.10. The Balaban J connectivity index is 1.88. The molecule has 1 aliphatic carbocycles. The number of pyridine rings is 1. The average Bonchev–Trinajstić information content (AvgIpc) is 3.17. The third-order valence-electron chi connectivity index (χ3n) is 3.47. The molecule has 0 radical (unpaired) electrons. The van der Waals surface area contributed by atoms with Gasteiger partial charge in [0.25, 0.3) is 0 Å². The second-order valence-electron chi connectivity index (χ2n) is 4.70. The lowest BCUT2D eigenvalue weighted by Crippen LogP contribution is -1.95. The number of hydrogen-bond acceptors (Lipinski definition) is 3. The first-order chi connectivity index (χ1) is 9.92. The lowest BCUT2D eigenvalue weighted by atomic mass is 10.1. The van der Waals surface area contributed by atoms with Crippen LogP contribution in [0.25, 0.3) is 22.5 Å². The van der Waals surface area contributed by atoms with Crippen LogP contribution in [0.15, 0.2) is 61.3 Å². The van der Waals surface area contributed by atoms with Crippen LogP contribution in [-0.4, -0.2) is 19.4 Å². The van der Waals surface area contributed by atoms with E-state index in [1.54, 1.807) is 12.4 Å². The van der Waals surface area contributed by atoms with Crippen molar-refractivity contribution in [3.05, 3.63) is 67.0 Å². The Morgan fingerprint density at radius 1 is 1.05 bits per heavy atom. The Bertz CT molecular complexity index is 828. The van der Waals surface area contributed by atoms with Crippen LogP contribution < -0.4 is 0 Å². The largest absolute Gasteiger partial charge is 0.296 e. The van der Waals surface area contributed by atoms with E-state index >= 15 is 0 Å². The number of hydrogen-bond donors (Lipinski definition) is 0. The van der Waals surface area contributed by atoms with E-state index in [9.17, 15) is 0 Å². The van der Waals surface area contributed by atoms with Crippen molar-refractivity contribution in [1.29, 1.82) is 0 Å². The molecule has 1 aliphatic rings. The Labute approximate surface area is 116 Å². The summed E-state index contributed by atoms with van der Waals surface area (Å²) in [5.74, 6) is 0. The van der Waals surface area contributed by atoms with E-state index in [0.29, 0.717) is 0 Å². The zero-order valence-corrected chi connectivity index (χ0v) is 10.8. The topological polar surface area (TPSA) is 43.1 Å². The number of rotatable bonds is 2. The molecule has 0 fully saturated rings. The number of fused-ring (bicyclic) bond motifs is 1. The van der Waals surface area contributed by atoms with Gasteiger partial charge in [-0.25, -0.2) is 4.98 Å². The van der Waals surface area contributed by atoms with Gasteiger partial charge in [-0.15, -0.1) is 0 Å². The highest BCUT2D eigenvalue weighted by atomic mass is 15.0. The molecule has 0 aliphatic heterocycles. The van der Waals surface area contributed by atoms with Crippen molar-refractivity contribution in [2.24, 2.45) is 0 Å². The molecule has 0 N–H and O–H groups in total. The van der Waals surface area contributed by atoms with Crippen LogP contribution in [0.2, 0.25) is 0 Å². The van der Waals surface area contributed by atoms with E-state index in [1.165, 1.54) is 5.57 Å². The maximum atomic E-state index is 4.49. The summed E-state index contributed by atoms with van der Waals surface area (Å²) in [6.45, 7) is 0. The van der Waals surface area contributed by atoms with Gasteiger partial charge >= 0.3 is 0 Å². The third-order valence-corrected chi connectivity index (χ3v) is 3.47. The number of aromatic nitrogens is 4. The first kappa shape index (κ1) is 11.1. The summed E-state index contributed by atoms with van der Waals surface area (Å²) in [4.78, 5) is 13.0. The van der Waals surface area contributed by atoms with Crippen molar-refractivity contribution < 1.29 is 0 Å². The second-order valence-corrected chi connectivity index (χ2v) is 4.70. The van der Waals surface area contributed by atoms with Crippen molar-refractivity contribution in [2.45, 2.75) is 6.42 Å². The van der Waals surface area contributed by atoms with Gasteiger partial charge in [-0.05, 0) is 24.1 Å². The summed E-state index contributed by atoms with van der Waals surface area (Å²) in [5.41, 5.74) is 5.24. The predicted octanol–water partition coefficient (Wildman–Crippen LogP) is 3.13. The molecule has 3 heterocycles. The predicted molar refractivity (Wildman–Crippen MR) is 78.0 cm³/mol. The molecule has 4 nitrogen and oxygen atoms in total. The maximum Gasteiger partial charge on any atom is 0.155 e. The Kier molecular flexibility index (Phi) is 2.45. The Hall–Kier alpha value is -2.75. The Morgan fingerprint density at radius 3 is 2.75 bits per heavy atom. The van der Waals surface area contributed by atoms with E-state index in [1.807, 2.05) is 24.5 Å². The van der Waals surface area contributed by atoms with Crippen LogP contribution >= 0.6 is 0 Å². The molecule has 0 bridgehead atoms. The molecule has 3 aromatic rings. The summed E-state index contributed by atoms with van der Waals surface area (Å²) in [7, 11) is 0. The van der Waals surface area contributed by atoms with Gasteiger partial charge in [0, 0.05) is 24.2 Å². The van der Waals surface area contributed by atoms with Gasteiger partial charge in [0.05, 0.1) is 23.8 Å². The SMILES string of the molecule is C1=CCC(c2cn3c(-c4ccncc4)cnc3cn2)=C1. The fourth-order valence-electron chi connectivity index (χ4n) is 2.43. The van der Waals surface area contributed by atoms with Gasteiger partial charge in [0.15, 0.2) is 5.65 Å². The smallest absolute Gasteiger partial charge is 0.155 e. The van der Waals surface area contributed by atoms with Gasteiger partial charge < -0.3 is 0 Å². The Morgan fingerprint density at radius 2 is 1.95 bits per heavy atom. The summed E-state index contributed by atoms with van der Waals surface area (Å²) >= 11 is 0. The highest BCUT2D eigenvalue weighted by Gasteiger charge is 2.10. The molecule has 0 spiro atoms. The van der Waals surface area contributed by atoms with Gasteiger partial charge in [0.1, 0.15) is 0 Å². The van der Waals surface area contributed by atoms with E-state index < -0.39 is 0 Å². The van der Waals surface area contributed by atoms with Gasteiger partial charge in [-0.2, -0.15) is 0 Å². The summed E-state index contributed by atoms with van der Waals surface area (Å²) in [6.07, 6.45) is 16.6. The molecule has 0 aromatic carbocycles. The van der Waals surface area contributed by atoms with E-state index in [0.717, 1.165) is 29.0 Å². The first-order valence-electron chi connectivity index (χ1n) is 6.51. The molecule has 0 unspecified atom stereocenters. The fraction of sp³-hybridized carbons (Fsp3) is 0.0625. The average molecular weight is 260 g/mol. The number of nitrogens with zero attached hydrogens (tertiary/aromatic N) is 4. The third kappa shape index (κ3) is 1.73. The minimum absolute atomic E-state index is 0.854. The van der Waals surface area contributed by atoms with Crippen LogP contribution in [0.3, 0.4) is 0 Å².